The summed E-state index contributed by atoms with van der Waals surface area (Å²) in [4.78, 5) is 7.96. The van der Waals surface area contributed by atoms with E-state index in [9.17, 15) is 13.2 Å². The first-order valence-electron chi connectivity index (χ1n) is 10.1. The molecule has 2 N–H and O–H groups in total. The molecule has 0 radical (unpaired) electrons. The van der Waals surface area contributed by atoms with Crippen molar-refractivity contribution in [2.75, 3.05) is 17.2 Å². The number of halogens is 3. The first kappa shape index (κ1) is 22.4. The summed E-state index contributed by atoms with van der Waals surface area (Å²) in [5.41, 5.74) is 1.28. The Balaban J connectivity index is 1.91. The van der Waals surface area contributed by atoms with Crippen LogP contribution in [0, 0.1) is 0 Å². The van der Waals surface area contributed by atoms with Crippen molar-refractivity contribution in [1.82, 2.24) is 9.97 Å². The fraction of sp³-hybridized carbons (Fsp3) is 0.304. The van der Waals surface area contributed by atoms with Gasteiger partial charge in [-0.2, -0.15) is 18.2 Å². The standard InChI is InChI=1S/C23H25F3N4O/c1-4-13-31-20-8-6-5-7-19(20)29-21-18(23(24,25)26)14-27-22(30-21)28-17-11-9-16(10-12-17)15(2)3/h5-12,14-15H,4,13H2,1-3H3,(H2,27,28,29,30). The number of benzene rings is 2. The van der Waals surface area contributed by atoms with Crippen LogP contribution in [0.5, 0.6) is 5.75 Å². The van der Waals surface area contributed by atoms with Crippen molar-refractivity contribution < 1.29 is 17.9 Å². The Morgan fingerprint density at radius 1 is 1.00 bits per heavy atom. The minimum Gasteiger partial charge on any atom is -0.491 e. The van der Waals surface area contributed by atoms with E-state index < -0.39 is 11.7 Å². The highest BCUT2D eigenvalue weighted by molar-refractivity contribution is 5.67. The molecule has 8 heteroatoms. The highest BCUT2D eigenvalue weighted by atomic mass is 19.4. The Morgan fingerprint density at radius 2 is 1.71 bits per heavy atom. The summed E-state index contributed by atoms with van der Waals surface area (Å²) >= 11 is 0. The van der Waals surface area contributed by atoms with Crippen molar-refractivity contribution in [3.8, 4) is 5.75 Å². The minimum absolute atomic E-state index is 0.0553. The fourth-order valence-corrected chi connectivity index (χ4v) is 2.86. The number of hydrogen-bond acceptors (Lipinski definition) is 5. The third-order valence-electron chi connectivity index (χ3n) is 4.53. The van der Waals surface area contributed by atoms with E-state index in [1.54, 1.807) is 24.3 Å². The van der Waals surface area contributed by atoms with Gasteiger partial charge in [-0.05, 0) is 42.2 Å². The maximum absolute atomic E-state index is 13.6. The average Bonchev–Trinajstić information content (AvgIpc) is 2.73. The Kier molecular flexibility index (Phi) is 6.99. The number of para-hydroxylation sites is 2. The van der Waals surface area contributed by atoms with Crippen LogP contribution in [0.1, 0.15) is 44.2 Å². The Bertz CT molecular complexity index is 1000. The van der Waals surface area contributed by atoms with Crippen LogP contribution in [0.15, 0.2) is 54.7 Å². The summed E-state index contributed by atoms with van der Waals surface area (Å²) in [5, 5.41) is 5.73. The van der Waals surface area contributed by atoms with Crippen molar-refractivity contribution in [1.29, 1.82) is 0 Å². The number of ether oxygens (including phenoxy) is 1. The summed E-state index contributed by atoms with van der Waals surface area (Å²) in [7, 11) is 0. The molecule has 0 saturated carbocycles. The molecule has 1 heterocycles. The highest BCUT2D eigenvalue weighted by Gasteiger charge is 2.35. The van der Waals surface area contributed by atoms with Crippen LogP contribution in [0.25, 0.3) is 0 Å². The van der Waals surface area contributed by atoms with E-state index in [0.717, 1.165) is 18.2 Å². The van der Waals surface area contributed by atoms with Crippen molar-refractivity contribution in [2.45, 2.75) is 39.3 Å². The monoisotopic (exact) mass is 430 g/mol. The minimum atomic E-state index is -4.61. The Morgan fingerprint density at radius 3 is 2.35 bits per heavy atom. The van der Waals surface area contributed by atoms with E-state index in [0.29, 0.717) is 29.6 Å². The van der Waals surface area contributed by atoms with Gasteiger partial charge in [0.2, 0.25) is 5.95 Å². The molecule has 31 heavy (non-hydrogen) atoms. The van der Waals surface area contributed by atoms with Crippen LogP contribution < -0.4 is 15.4 Å². The molecule has 5 nitrogen and oxygen atoms in total. The number of aromatic nitrogens is 2. The van der Waals surface area contributed by atoms with Crippen LogP contribution in [0.2, 0.25) is 0 Å². The first-order valence-corrected chi connectivity index (χ1v) is 10.1. The zero-order chi connectivity index (χ0) is 22.4. The van der Waals surface area contributed by atoms with Crippen LogP contribution >= 0.6 is 0 Å². The summed E-state index contributed by atoms with van der Waals surface area (Å²) in [5.74, 6) is 0.535. The number of hydrogen-bond donors (Lipinski definition) is 2. The van der Waals surface area contributed by atoms with Crippen LogP contribution in [-0.2, 0) is 6.18 Å². The smallest absolute Gasteiger partial charge is 0.421 e. The summed E-state index contributed by atoms with van der Waals surface area (Å²) in [6, 6.07) is 14.4. The van der Waals surface area contributed by atoms with Gasteiger partial charge in [0.15, 0.2) is 0 Å². The van der Waals surface area contributed by atoms with E-state index >= 15 is 0 Å². The van der Waals surface area contributed by atoms with E-state index in [-0.39, 0.29) is 11.8 Å². The second-order valence-electron chi connectivity index (χ2n) is 7.32. The molecule has 0 spiro atoms. The van der Waals surface area contributed by atoms with Gasteiger partial charge in [0.05, 0.1) is 12.3 Å². The van der Waals surface area contributed by atoms with Gasteiger partial charge in [0.1, 0.15) is 17.1 Å². The molecule has 1 aromatic heterocycles. The Labute approximate surface area is 179 Å². The maximum Gasteiger partial charge on any atom is 0.421 e. The van der Waals surface area contributed by atoms with Crippen molar-refractivity contribution >= 4 is 23.1 Å². The summed E-state index contributed by atoms with van der Waals surface area (Å²) < 4.78 is 46.3. The van der Waals surface area contributed by atoms with Gasteiger partial charge < -0.3 is 15.4 Å². The molecule has 3 rings (SSSR count). The molecule has 164 valence electrons. The summed E-state index contributed by atoms with van der Waals surface area (Å²) in [6.07, 6.45) is -3.06. The van der Waals surface area contributed by atoms with Gasteiger partial charge in [0, 0.05) is 11.9 Å². The van der Waals surface area contributed by atoms with Gasteiger partial charge in [0.25, 0.3) is 0 Å². The van der Waals surface area contributed by atoms with Crippen LogP contribution in [0.4, 0.5) is 36.3 Å². The third-order valence-corrected chi connectivity index (χ3v) is 4.53. The average molecular weight is 430 g/mol. The largest absolute Gasteiger partial charge is 0.491 e. The molecule has 0 unspecified atom stereocenters. The van der Waals surface area contributed by atoms with E-state index in [2.05, 4.69) is 34.4 Å². The normalized spacial score (nSPS) is 11.5. The predicted octanol–water partition coefficient (Wildman–Crippen LogP) is 6.89. The highest BCUT2D eigenvalue weighted by Crippen LogP contribution is 2.37. The van der Waals surface area contributed by atoms with E-state index in [1.165, 1.54) is 0 Å². The quantitative estimate of drug-likeness (QED) is 0.407. The van der Waals surface area contributed by atoms with E-state index in [4.69, 9.17) is 4.74 Å². The number of alkyl halides is 3. The van der Waals surface area contributed by atoms with Gasteiger partial charge >= 0.3 is 6.18 Å². The van der Waals surface area contributed by atoms with Gasteiger partial charge in [-0.1, -0.05) is 45.0 Å². The second-order valence-corrected chi connectivity index (χ2v) is 7.32. The molecular formula is C23H25F3N4O. The maximum atomic E-state index is 13.6. The van der Waals surface area contributed by atoms with E-state index in [1.807, 2.05) is 31.2 Å². The third kappa shape index (κ3) is 5.87. The predicted molar refractivity (Wildman–Crippen MR) is 116 cm³/mol. The SMILES string of the molecule is CCCOc1ccccc1Nc1nc(Nc2ccc(C(C)C)cc2)ncc1C(F)(F)F. The molecular weight excluding hydrogens is 405 g/mol. The number of nitrogens with zero attached hydrogens (tertiary/aromatic N) is 2. The van der Waals surface area contributed by atoms with Crippen LogP contribution in [-0.4, -0.2) is 16.6 Å². The zero-order valence-electron chi connectivity index (χ0n) is 17.6. The second kappa shape index (κ2) is 9.68. The lowest BCUT2D eigenvalue weighted by atomic mass is 10.0. The lowest BCUT2D eigenvalue weighted by Crippen LogP contribution is -2.13. The van der Waals surface area contributed by atoms with Gasteiger partial charge in [-0.15, -0.1) is 0 Å². The van der Waals surface area contributed by atoms with Gasteiger partial charge in [-0.3, -0.25) is 0 Å². The molecule has 0 saturated heterocycles. The van der Waals surface area contributed by atoms with Crippen LogP contribution in [0.3, 0.4) is 0 Å². The lowest BCUT2D eigenvalue weighted by Gasteiger charge is -2.17. The molecule has 0 amide bonds. The molecule has 0 bridgehead atoms. The van der Waals surface area contributed by atoms with Crippen molar-refractivity contribution in [3.05, 3.63) is 65.9 Å². The number of anilines is 4. The molecule has 3 aromatic rings. The number of nitrogens with one attached hydrogen (secondary N) is 2. The zero-order valence-corrected chi connectivity index (χ0v) is 17.6. The fourth-order valence-electron chi connectivity index (χ4n) is 2.86. The number of rotatable bonds is 8. The Hall–Kier alpha value is -3.29. The van der Waals surface area contributed by atoms with Crippen molar-refractivity contribution in [3.63, 3.8) is 0 Å². The molecule has 2 aromatic carbocycles. The molecule has 0 atom stereocenters. The topological polar surface area (TPSA) is 59.1 Å². The molecule has 0 aliphatic heterocycles. The summed E-state index contributed by atoms with van der Waals surface area (Å²) in [6.45, 7) is 6.57. The first-order chi connectivity index (χ1) is 14.8. The van der Waals surface area contributed by atoms with Gasteiger partial charge in [-0.25, -0.2) is 4.98 Å². The van der Waals surface area contributed by atoms with Crippen molar-refractivity contribution in [2.24, 2.45) is 0 Å². The molecule has 0 aliphatic rings. The molecule has 0 fully saturated rings. The molecule has 0 aliphatic carbocycles. The lowest BCUT2D eigenvalue weighted by molar-refractivity contribution is -0.137.